The third kappa shape index (κ3) is 5.21. The first-order valence-electron chi connectivity index (χ1n) is 8.95. The van der Waals surface area contributed by atoms with E-state index >= 15 is 0 Å². The van der Waals surface area contributed by atoms with Gasteiger partial charge in [0.1, 0.15) is 12.4 Å². The molecule has 2 aromatic carbocycles. The predicted molar refractivity (Wildman–Crippen MR) is 104 cm³/mol. The maximum absolute atomic E-state index is 5.90. The molecule has 1 aliphatic heterocycles. The van der Waals surface area contributed by atoms with E-state index in [9.17, 15) is 0 Å². The van der Waals surface area contributed by atoms with Crippen molar-refractivity contribution >= 4 is 11.6 Å². The molecule has 0 bridgehead atoms. The minimum Gasteiger partial charge on any atom is -0.489 e. The number of nitrogens with one attached hydrogen (secondary N) is 1. The summed E-state index contributed by atoms with van der Waals surface area (Å²) in [5.41, 5.74) is 2.71. The van der Waals surface area contributed by atoms with Crippen LogP contribution in [0.1, 0.15) is 25.0 Å². The van der Waals surface area contributed by atoms with Crippen molar-refractivity contribution in [2.45, 2.75) is 32.4 Å². The summed E-state index contributed by atoms with van der Waals surface area (Å²) in [6.07, 6.45) is 1.07. The number of ether oxygens (including phenoxy) is 1. The van der Waals surface area contributed by atoms with E-state index in [4.69, 9.17) is 16.3 Å². The highest BCUT2D eigenvalue weighted by Gasteiger charge is 2.28. The van der Waals surface area contributed by atoms with Crippen LogP contribution < -0.4 is 10.1 Å². The van der Waals surface area contributed by atoms with E-state index in [1.807, 2.05) is 24.3 Å². The van der Waals surface area contributed by atoms with Gasteiger partial charge in [0.25, 0.3) is 0 Å². The second-order valence-electron chi connectivity index (χ2n) is 7.29. The average Bonchev–Trinajstić information content (AvgIpc) is 2.61. The van der Waals surface area contributed by atoms with Crippen molar-refractivity contribution in [2.24, 2.45) is 0 Å². The Hall–Kier alpha value is -1.55. The average molecular weight is 359 g/mol. The van der Waals surface area contributed by atoms with Crippen molar-refractivity contribution in [3.05, 3.63) is 64.7 Å². The van der Waals surface area contributed by atoms with E-state index in [-0.39, 0.29) is 5.54 Å². The van der Waals surface area contributed by atoms with Crippen LogP contribution in [-0.4, -0.2) is 36.6 Å². The molecular formula is C21H27ClN2O. The zero-order valence-electron chi connectivity index (χ0n) is 15.1. The summed E-state index contributed by atoms with van der Waals surface area (Å²) in [6, 6.07) is 16.2. The van der Waals surface area contributed by atoms with Gasteiger partial charge in [0, 0.05) is 36.7 Å². The molecule has 4 heteroatoms. The molecule has 0 unspecified atom stereocenters. The maximum atomic E-state index is 5.90. The molecule has 0 radical (unpaired) electrons. The van der Waals surface area contributed by atoms with Crippen LogP contribution in [0.25, 0.3) is 0 Å². The molecule has 1 heterocycles. The van der Waals surface area contributed by atoms with Crippen molar-refractivity contribution < 1.29 is 4.74 Å². The number of piperazine rings is 1. The topological polar surface area (TPSA) is 24.5 Å². The Morgan fingerprint density at radius 1 is 1.04 bits per heavy atom. The predicted octanol–water partition coefficient (Wildman–Crippen LogP) is 4.15. The standard InChI is InChI=1S/C21H27ClN2O/c1-21(2)16-23-12-14-24(21)13-11-17-5-9-20(10-6-17)25-15-18-3-7-19(22)8-4-18/h3-10,23H,11-16H2,1-2H3. The fourth-order valence-corrected chi connectivity index (χ4v) is 3.33. The molecule has 25 heavy (non-hydrogen) atoms. The van der Waals surface area contributed by atoms with Crippen LogP contribution in [0.2, 0.25) is 5.02 Å². The van der Waals surface area contributed by atoms with Crippen molar-refractivity contribution in [3.63, 3.8) is 0 Å². The quantitative estimate of drug-likeness (QED) is 0.839. The Labute approximate surface area is 155 Å². The Morgan fingerprint density at radius 3 is 2.40 bits per heavy atom. The van der Waals surface area contributed by atoms with Gasteiger partial charge in [-0.25, -0.2) is 0 Å². The Kier molecular flexibility index (Phi) is 6.00. The maximum Gasteiger partial charge on any atom is 0.119 e. The highest BCUT2D eigenvalue weighted by Crippen LogP contribution is 2.19. The van der Waals surface area contributed by atoms with Crippen LogP contribution in [0.3, 0.4) is 0 Å². The third-order valence-corrected chi connectivity index (χ3v) is 5.14. The van der Waals surface area contributed by atoms with Crippen LogP contribution in [0.5, 0.6) is 5.75 Å². The van der Waals surface area contributed by atoms with Gasteiger partial charge in [0.15, 0.2) is 0 Å². The van der Waals surface area contributed by atoms with E-state index < -0.39 is 0 Å². The largest absolute Gasteiger partial charge is 0.489 e. The second-order valence-corrected chi connectivity index (χ2v) is 7.72. The molecule has 1 N–H and O–H groups in total. The first-order chi connectivity index (χ1) is 12.0. The van der Waals surface area contributed by atoms with Gasteiger partial charge in [-0.15, -0.1) is 0 Å². The van der Waals surface area contributed by atoms with E-state index in [0.717, 1.165) is 48.9 Å². The van der Waals surface area contributed by atoms with Crippen LogP contribution in [0, 0.1) is 0 Å². The first-order valence-corrected chi connectivity index (χ1v) is 9.33. The van der Waals surface area contributed by atoms with Crippen molar-refractivity contribution in [1.82, 2.24) is 10.2 Å². The molecule has 0 atom stereocenters. The molecule has 1 saturated heterocycles. The summed E-state index contributed by atoms with van der Waals surface area (Å²) in [6.45, 7) is 9.55. The number of halogens is 1. The molecule has 3 rings (SSSR count). The summed E-state index contributed by atoms with van der Waals surface area (Å²) in [4.78, 5) is 2.58. The first kappa shape index (κ1) is 18.2. The summed E-state index contributed by atoms with van der Waals surface area (Å²) in [5, 5.41) is 4.23. The molecule has 2 aromatic rings. The fraction of sp³-hybridized carbons (Fsp3) is 0.429. The summed E-state index contributed by atoms with van der Waals surface area (Å²) < 4.78 is 5.85. The smallest absolute Gasteiger partial charge is 0.119 e. The Balaban J connectivity index is 1.49. The highest BCUT2D eigenvalue weighted by atomic mass is 35.5. The lowest BCUT2D eigenvalue weighted by molar-refractivity contribution is 0.0921. The third-order valence-electron chi connectivity index (χ3n) is 4.88. The fourth-order valence-electron chi connectivity index (χ4n) is 3.20. The van der Waals surface area contributed by atoms with Crippen molar-refractivity contribution in [2.75, 3.05) is 26.2 Å². The molecule has 1 fully saturated rings. The van der Waals surface area contributed by atoms with E-state index in [1.54, 1.807) is 0 Å². The normalized spacial score (nSPS) is 17.4. The molecule has 0 aliphatic carbocycles. The summed E-state index contributed by atoms with van der Waals surface area (Å²) >= 11 is 5.90. The highest BCUT2D eigenvalue weighted by molar-refractivity contribution is 6.30. The molecular weight excluding hydrogens is 332 g/mol. The second kappa shape index (κ2) is 8.22. The summed E-state index contributed by atoms with van der Waals surface area (Å²) in [5.74, 6) is 0.904. The van der Waals surface area contributed by atoms with Crippen molar-refractivity contribution in [3.8, 4) is 5.75 Å². The van der Waals surface area contributed by atoms with Crippen molar-refractivity contribution in [1.29, 1.82) is 0 Å². The molecule has 1 aliphatic rings. The van der Waals surface area contributed by atoms with Gasteiger partial charge < -0.3 is 10.1 Å². The molecule has 134 valence electrons. The molecule has 0 aromatic heterocycles. The minimum absolute atomic E-state index is 0.236. The van der Waals surface area contributed by atoms with Crippen LogP contribution >= 0.6 is 11.6 Å². The van der Waals surface area contributed by atoms with Crippen LogP contribution in [0.4, 0.5) is 0 Å². The van der Waals surface area contributed by atoms with E-state index in [2.05, 4.69) is 48.3 Å². The summed E-state index contributed by atoms with van der Waals surface area (Å²) in [7, 11) is 0. The minimum atomic E-state index is 0.236. The van der Waals surface area contributed by atoms with Gasteiger partial charge in [0.2, 0.25) is 0 Å². The van der Waals surface area contributed by atoms with Crippen LogP contribution in [0.15, 0.2) is 48.5 Å². The number of rotatable bonds is 6. The number of hydrogen-bond donors (Lipinski definition) is 1. The number of nitrogens with zero attached hydrogens (tertiary/aromatic N) is 1. The Morgan fingerprint density at radius 2 is 1.72 bits per heavy atom. The van der Waals surface area contributed by atoms with Gasteiger partial charge in [-0.05, 0) is 55.7 Å². The monoisotopic (exact) mass is 358 g/mol. The zero-order valence-corrected chi connectivity index (χ0v) is 15.9. The lowest BCUT2D eigenvalue weighted by Gasteiger charge is -2.43. The van der Waals surface area contributed by atoms with E-state index in [1.165, 1.54) is 5.56 Å². The van der Waals surface area contributed by atoms with Gasteiger partial charge in [-0.2, -0.15) is 0 Å². The lowest BCUT2D eigenvalue weighted by atomic mass is 9.99. The number of hydrogen-bond acceptors (Lipinski definition) is 3. The SMILES string of the molecule is CC1(C)CNCCN1CCc1ccc(OCc2ccc(Cl)cc2)cc1. The van der Waals surface area contributed by atoms with Gasteiger partial charge in [-0.3, -0.25) is 4.90 Å². The lowest BCUT2D eigenvalue weighted by Crippen LogP contribution is -2.58. The molecule has 0 spiro atoms. The molecule has 0 amide bonds. The molecule has 3 nitrogen and oxygen atoms in total. The van der Waals surface area contributed by atoms with Gasteiger partial charge >= 0.3 is 0 Å². The zero-order chi connectivity index (χ0) is 17.7. The van der Waals surface area contributed by atoms with Gasteiger partial charge in [0.05, 0.1) is 0 Å². The Bertz CT molecular complexity index is 667. The number of benzene rings is 2. The van der Waals surface area contributed by atoms with E-state index in [0.29, 0.717) is 6.61 Å². The molecule has 0 saturated carbocycles. The van der Waals surface area contributed by atoms with Gasteiger partial charge in [-0.1, -0.05) is 35.9 Å². The van der Waals surface area contributed by atoms with Crippen LogP contribution in [-0.2, 0) is 13.0 Å².